The maximum atomic E-state index is 12.3. The van der Waals surface area contributed by atoms with Crippen LogP contribution in [0.1, 0.15) is 42.9 Å². The van der Waals surface area contributed by atoms with Crippen molar-refractivity contribution in [2.24, 2.45) is 5.41 Å². The van der Waals surface area contributed by atoms with Crippen molar-refractivity contribution in [2.75, 3.05) is 11.9 Å². The summed E-state index contributed by atoms with van der Waals surface area (Å²) in [6.45, 7) is 7.59. The van der Waals surface area contributed by atoms with E-state index in [1.807, 2.05) is 33.2 Å². The van der Waals surface area contributed by atoms with E-state index < -0.39 is 0 Å². The van der Waals surface area contributed by atoms with Crippen LogP contribution >= 0.6 is 0 Å². The second-order valence-electron chi connectivity index (χ2n) is 6.88. The van der Waals surface area contributed by atoms with Crippen LogP contribution in [0.4, 0.5) is 5.95 Å². The van der Waals surface area contributed by atoms with Crippen LogP contribution in [0.15, 0.2) is 24.8 Å². The van der Waals surface area contributed by atoms with E-state index in [2.05, 4.69) is 30.2 Å². The zero-order valence-corrected chi connectivity index (χ0v) is 14.4. The lowest BCUT2D eigenvalue weighted by molar-refractivity contribution is 0.0942. The second kappa shape index (κ2) is 6.59. The first-order valence-corrected chi connectivity index (χ1v) is 8.32. The van der Waals surface area contributed by atoms with Crippen molar-refractivity contribution in [1.29, 1.82) is 0 Å². The highest BCUT2D eigenvalue weighted by Gasteiger charge is 2.43. The third-order valence-corrected chi connectivity index (χ3v) is 4.34. The number of rotatable bonds is 7. The normalized spacial score (nSPS) is 15.3. The van der Waals surface area contributed by atoms with Crippen LogP contribution in [0.2, 0.25) is 0 Å². The molecule has 1 saturated carbocycles. The Morgan fingerprint density at radius 1 is 1.29 bits per heavy atom. The van der Waals surface area contributed by atoms with Crippen molar-refractivity contribution in [3.63, 3.8) is 0 Å². The minimum absolute atomic E-state index is 0.125. The molecule has 24 heavy (non-hydrogen) atoms. The van der Waals surface area contributed by atoms with E-state index in [0.29, 0.717) is 18.1 Å². The molecule has 0 radical (unpaired) electrons. The van der Waals surface area contributed by atoms with Crippen LogP contribution in [-0.2, 0) is 6.54 Å². The number of carbonyl (C=O) groups excluding carboxylic acids is 1. The Morgan fingerprint density at radius 3 is 2.54 bits per heavy atom. The number of amides is 1. The van der Waals surface area contributed by atoms with Crippen LogP contribution in [0.5, 0.6) is 0 Å². The molecule has 1 fully saturated rings. The molecule has 0 unspecified atom stereocenters. The van der Waals surface area contributed by atoms with Gasteiger partial charge in [0.25, 0.3) is 5.91 Å². The molecule has 128 valence electrons. The van der Waals surface area contributed by atoms with Gasteiger partial charge >= 0.3 is 0 Å². The Balaban J connectivity index is 1.54. The zero-order chi connectivity index (χ0) is 17.2. The average Bonchev–Trinajstić information content (AvgIpc) is 3.20. The van der Waals surface area contributed by atoms with Gasteiger partial charge in [-0.15, -0.1) is 0 Å². The minimum atomic E-state index is -0.125. The summed E-state index contributed by atoms with van der Waals surface area (Å²) < 4.78 is 2.15. The van der Waals surface area contributed by atoms with E-state index in [0.717, 1.165) is 25.2 Å². The van der Waals surface area contributed by atoms with Gasteiger partial charge in [-0.3, -0.25) is 4.79 Å². The SMILES string of the molecule is Cc1nccn1CC1(CNC(=O)c2cnc(NC(C)C)nc2)CC1. The summed E-state index contributed by atoms with van der Waals surface area (Å²) in [4.78, 5) is 24.9. The topological polar surface area (TPSA) is 84.7 Å². The van der Waals surface area contributed by atoms with Crippen LogP contribution in [-0.4, -0.2) is 38.0 Å². The van der Waals surface area contributed by atoms with Crippen LogP contribution in [0, 0.1) is 12.3 Å². The first-order chi connectivity index (χ1) is 11.5. The summed E-state index contributed by atoms with van der Waals surface area (Å²) in [5.41, 5.74) is 0.639. The van der Waals surface area contributed by atoms with Gasteiger partial charge in [0.1, 0.15) is 5.82 Å². The number of imidazole rings is 1. The molecule has 7 nitrogen and oxygen atoms in total. The molecule has 2 heterocycles. The molecule has 0 bridgehead atoms. The molecule has 0 aliphatic heterocycles. The first kappa shape index (κ1) is 16.4. The van der Waals surface area contributed by atoms with Gasteiger partial charge in [0.2, 0.25) is 5.95 Å². The molecule has 0 saturated heterocycles. The summed E-state index contributed by atoms with van der Waals surface area (Å²) in [7, 11) is 0. The fourth-order valence-corrected chi connectivity index (χ4v) is 2.65. The van der Waals surface area contributed by atoms with Gasteiger partial charge in [0.15, 0.2) is 0 Å². The van der Waals surface area contributed by atoms with E-state index >= 15 is 0 Å². The lowest BCUT2D eigenvalue weighted by Crippen LogP contribution is -2.32. The predicted octanol–water partition coefficient (Wildman–Crippen LogP) is 2.01. The number of aryl methyl sites for hydroxylation is 1. The smallest absolute Gasteiger partial charge is 0.254 e. The zero-order valence-electron chi connectivity index (χ0n) is 14.4. The van der Waals surface area contributed by atoms with Gasteiger partial charge in [-0.2, -0.15) is 0 Å². The van der Waals surface area contributed by atoms with E-state index in [4.69, 9.17) is 0 Å². The van der Waals surface area contributed by atoms with Crippen molar-refractivity contribution in [2.45, 2.75) is 46.2 Å². The highest BCUT2D eigenvalue weighted by Crippen LogP contribution is 2.46. The van der Waals surface area contributed by atoms with E-state index in [9.17, 15) is 4.79 Å². The molecule has 1 amide bonds. The van der Waals surface area contributed by atoms with Gasteiger partial charge in [0.05, 0.1) is 5.56 Å². The molecule has 7 heteroatoms. The number of anilines is 1. The molecule has 2 aromatic rings. The summed E-state index contributed by atoms with van der Waals surface area (Å²) in [6, 6.07) is 0.256. The number of hydrogen-bond donors (Lipinski definition) is 2. The third-order valence-electron chi connectivity index (χ3n) is 4.34. The fraction of sp³-hybridized carbons (Fsp3) is 0.529. The quantitative estimate of drug-likeness (QED) is 0.812. The molecule has 0 aromatic carbocycles. The summed E-state index contributed by atoms with van der Waals surface area (Å²) in [6.07, 6.45) is 9.18. The Hall–Kier alpha value is -2.44. The number of nitrogens with one attached hydrogen (secondary N) is 2. The summed E-state index contributed by atoms with van der Waals surface area (Å²) in [5.74, 6) is 1.42. The number of nitrogens with zero attached hydrogens (tertiary/aromatic N) is 4. The third kappa shape index (κ3) is 3.90. The Labute approximate surface area is 141 Å². The lowest BCUT2D eigenvalue weighted by Gasteiger charge is -2.17. The van der Waals surface area contributed by atoms with Gasteiger partial charge in [0, 0.05) is 49.3 Å². The average molecular weight is 328 g/mol. The molecular weight excluding hydrogens is 304 g/mol. The molecule has 3 rings (SSSR count). The van der Waals surface area contributed by atoms with Gasteiger partial charge in [-0.1, -0.05) is 0 Å². The minimum Gasteiger partial charge on any atom is -0.352 e. The van der Waals surface area contributed by atoms with Crippen molar-refractivity contribution in [3.8, 4) is 0 Å². The molecule has 2 aromatic heterocycles. The molecular formula is C17H24N6O. The van der Waals surface area contributed by atoms with Gasteiger partial charge in [-0.05, 0) is 33.6 Å². The van der Waals surface area contributed by atoms with E-state index in [1.165, 1.54) is 0 Å². The Morgan fingerprint density at radius 2 is 2.00 bits per heavy atom. The molecule has 1 aliphatic carbocycles. The predicted molar refractivity (Wildman–Crippen MR) is 91.8 cm³/mol. The monoisotopic (exact) mass is 328 g/mol. The lowest BCUT2D eigenvalue weighted by atomic mass is 10.1. The van der Waals surface area contributed by atoms with Gasteiger partial charge < -0.3 is 15.2 Å². The maximum absolute atomic E-state index is 12.3. The highest BCUT2D eigenvalue weighted by atomic mass is 16.1. The first-order valence-electron chi connectivity index (χ1n) is 8.32. The van der Waals surface area contributed by atoms with Crippen LogP contribution in [0.3, 0.4) is 0 Å². The fourth-order valence-electron chi connectivity index (χ4n) is 2.65. The van der Waals surface area contributed by atoms with E-state index in [-0.39, 0.29) is 17.4 Å². The van der Waals surface area contributed by atoms with Crippen LogP contribution in [0.25, 0.3) is 0 Å². The van der Waals surface area contributed by atoms with Crippen LogP contribution < -0.4 is 10.6 Å². The number of hydrogen-bond acceptors (Lipinski definition) is 5. The molecule has 0 atom stereocenters. The Kier molecular flexibility index (Phi) is 4.51. The second-order valence-corrected chi connectivity index (χ2v) is 6.88. The van der Waals surface area contributed by atoms with E-state index in [1.54, 1.807) is 12.4 Å². The van der Waals surface area contributed by atoms with Gasteiger partial charge in [-0.25, -0.2) is 15.0 Å². The molecule has 0 spiro atoms. The van der Waals surface area contributed by atoms with Crippen molar-refractivity contribution < 1.29 is 4.79 Å². The standard InChI is InChI=1S/C17H24N6O/c1-12(2)22-16-19-8-14(9-20-16)15(24)21-10-17(4-5-17)11-23-7-6-18-13(23)3/h6-9,12H,4-5,10-11H2,1-3H3,(H,21,24)(H,19,20,22). The highest BCUT2D eigenvalue weighted by molar-refractivity contribution is 5.93. The Bertz CT molecular complexity index is 702. The summed E-state index contributed by atoms with van der Waals surface area (Å²) in [5, 5.41) is 6.13. The van der Waals surface area contributed by atoms with Crippen molar-refractivity contribution >= 4 is 11.9 Å². The maximum Gasteiger partial charge on any atom is 0.254 e. The largest absolute Gasteiger partial charge is 0.352 e. The molecule has 1 aliphatic rings. The van der Waals surface area contributed by atoms with Crippen molar-refractivity contribution in [3.05, 3.63) is 36.2 Å². The summed E-state index contributed by atoms with van der Waals surface area (Å²) >= 11 is 0. The number of carbonyl (C=O) groups is 1. The molecule has 2 N–H and O–H groups in total. The number of aromatic nitrogens is 4. The van der Waals surface area contributed by atoms with Crippen molar-refractivity contribution in [1.82, 2.24) is 24.8 Å².